The van der Waals surface area contributed by atoms with Crippen LogP contribution in [-0.4, -0.2) is 15.0 Å². The van der Waals surface area contributed by atoms with Gasteiger partial charge >= 0.3 is 0 Å². The molecule has 2 rings (SSSR count). The van der Waals surface area contributed by atoms with Crippen LogP contribution in [0.5, 0.6) is 5.75 Å². The predicted molar refractivity (Wildman–Crippen MR) is 79.8 cm³/mol. The van der Waals surface area contributed by atoms with Gasteiger partial charge < -0.3 is 4.74 Å². The largest absolute Gasteiger partial charge is 0.491 e. The second kappa shape index (κ2) is 6.32. The maximum Gasteiger partial charge on any atom is 0.261 e. The molecule has 0 spiro atoms. The molecule has 0 saturated heterocycles. The van der Waals surface area contributed by atoms with Crippen molar-refractivity contribution in [3.8, 4) is 5.75 Å². The van der Waals surface area contributed by atoms with Gasteiger partial charge in [0.25, 0.3) is 10.0 Å². The fraction of sp³-hybridized carbons (Fsp3) is 0.143. The zero-order valence-corrected chi connectivity index (χ0v) is 12.7. The number of benzene rings is 2. The minimum atomic E-state index is -3.79. The lowest BCUT2D eigenvalue weighted by Gasteiger charge is -2.10. The van der Waals surface area contributed by atoms with Gasteiger partial charge in [0.2, 0.25) is 0 Å². The first kappa shape index (κ1) is 15.6. The molecule has 0 aliphatic heterocycles. The van der Waals surface area contributed by atoms with Crippen LogP contribution in [0, 0.1) is 5.82 Å². The second-order valence-electron chi connectivity index (χ2n) is 4.14. The quantitative estimate of drug-likeness (QED) is 0.910. The zero-order chi connectivity index (χ0) is 15.5. The highest BCUT2D eigenvalue weighted by atomic mass is 35.5. The number of ether oxygens (including phenoxy) is 1. The summed E-state index contributed by atoms with van der Waals surface area (Å²) < 4.78 is 45.3. The van der Waals surface area contributed by atoms with E-state index in [-0.39, 0.29) is 16.3 Å². The van der Waals surface area contributed by atoms with E-state index in [0.29, 0.717) is 11.6 Å². The fourth-order valence-electron chi connectivity index (χ4n) is 1.66. The molecular weight excluding hydrogens is 317 g/mol. The van der Waals surface area contributed by atoms with E-state index in [1.165, 1.54) is 36.4 Å². The van der Waals surface area contributed by atoms with E-state index in [4.69, 9.17) is 16.3 Å². The summed E-state index contributed by atoms with van der Waals surface area (Å²) in [6.45, 7) is 2.06. The first-order valence-electron chi connectivity index (χ1n) is 6.13. The summed E-state index contributed by atoms with van der Waals surface area (Å²) in [4.78, 5) is 0.0428. The third-order valence-electron chi connectivity index (χ3n) is 2.61. The molecule has 0 fully saturated rings. The molecule has 4 nitrogen and oxygen atoms in total. The molecule has 0 radical (unpaired) electrons. The SMILES string of the molecule is CCOc1ccc(NS(=O)(=O)c2ccc(Cl)cc2)cc1F. The fourth-order valence-corrected chi connectivity index (χ4v) is 2.84. The lowest BCUT2D eigenvalue weighted by atomic mass is 10.3. The number of hydrogen-bond donors (Lipinski definition) is 1. The number of sulfonamides is 1. The highest BCUT2D eigenvalue weighted by Crippen LogP contribution is 2.23. The predicted octanol–water partition coefficient (Wildman–Crippen LogP) is 3.68. The molecule has 0 heterocycles. The molecule has 0 aliphatic rings. The number of nitrogens with one attached hydrogen (secondary N) is 1. The van der Waals surface area contributed by atoms with E-state index in [9.17, 15) is 12.8 Å². The monoisotopic (exact) mass is 329 g/mol. The summed E-state index contributed by atoms with van der Waals surface area (Å²) in [7, 11) is -3.79. The van der Waals surface area contributed by atoms with Gasteiger partial charge in [0.1, 0.15) is 0 Å². The lowest BCUT2D eigenvalue weighted by molar-refractivity contribution is 0.321. The molecule has 0 aliphatic carbocycles. The Bertz CT molecular complexity index is 732. The van der Waals surface area contributed by atoms with Crippen LogP contribution in [0.25, 0.3) is 0 Å². The Morgan fingerprint density at radius 3 is 2.43 bits per heavy atom. The third kappa shape index (κ3) is 3.86. The van der Waals surface area contributed by atoms with Crippen molar-refractivity contribution in [3.05, 3.63) is 53.3 Å². The van der Waals surface area contributed by atoms with Gasteiger partial charge in [-0.1, -0.05) is 11.6 Å². The van der Waals surface area contributed by atoms with E-state index < -0.39 is 15.8 Å². The third-order valence-corrected chi connectivity index (χ3v) is 4.26. The molecule has 0 unspecified atom stereocenters. The van der Waals surface area contributed by atoms with Crippen LogP contribution >= 0.6 is 11.6 Å². The van der Waals surface area contributed by atoms with E-state index >= 15 is 0 Å². The summed E-state index contributed by atoms with van der Waals surface area (Å²) in [5, 5.41) is 0.432. The number of hydrogen-bond acceptors (Lipinski definition) is 3. The lowest BCUT2D eigenvalue weighted by Crippen LogP contribution is -2.13. The van der Waals surface area contributed by atoms with Crippen LogP contribution in [-0.2, 0) is 10.0 Å². The number of halogens is 2. The number of anilines is 1. The molecule has 0 saturated carbocycles. The van der Waals surface area contributed by atoms with Gasteiger partial charge in [-0.2, -0.15) is 0 Å². The molecule has 0 bridgehead atoms. The number of rotatable bonds is 5. The first-order chi connectivity index (χ1) is 9.92. The maximum atomic E-state index is 13.7. The Labute approximate surface area is 127 Å². The molecule has 2 aromatic carbocycles. The van der Waals surface area contributed by atoms with Crippen LogP contribution in [0.2, 0.25) is 5.02 Å². The highest BCUT2D eigenvalue weighted by molar-refractivity contribution is 7.92. The molecular formula is C14H13ClFNO3S. The highest BCUT2D eigenvalue weighted by Gasteiger charge is 2.15. The molecule has 2 aromatic rings. The standard InChI is InChI=1S/C14H13ClFNO3S/c1-2-20-14-8-5-11(9-13(14)16)17-21(18,19)12-6-3-10(15)4-7-12/h3-9,17H,2H2,1H3. The average Bonchev–Trinajstić information content (AvgIpc) is 2.42. The first-order valence-corrected chi connectivity index (χ1v) is 7.99. The zero-order valence-electron chi connectivity index (χ0n) is 11.1. The van der Waals surface area contributed by atoms with E-state index in [0.717, 1.165) is 6.07 Å². The van der Waals surface area contributed by atoms with Crippen molar-refractivity contribution in [3.63, 3.8) is 0 Å². The molecule has 1 N–H and O–H groups in total. The van der Waals surface area contributed by atoms with Gasteiger partial charge in [0, 0.05) is 11.1 Å². The molecule has 21 heavy (non-hydrogen) atoms. The minimum absolute atomic E-state index is 0.0428. The summed E-state index contributed by atoms with van der Waals surface area (Å²) >= 11 is 5.71. The van der Waals surface area contributed by atoms with Crippen molar-refractivity contribution in [1.29, 1.82) is 0 Å². The normalized spacial score (nSPS) is 11.2. The maximum absolute atomic E-state index is 13.7. The smallest absolute Gasteiger partial charge is 0.261 e. The summed E-state index contributed by atoms with van der Waals surface area (Å²) in [6.07, 6.45) is 0. The summed E-state index contributed by atoms with van der Waals surface area (Å²) in [5.41, 5.74) is 0.117. The Morgan fingerprint density at radius 1 is 1.19 bits per heavy atom. The topological polar surface area (TPSA) is 55.4 Å². The van der Waals surface area contributed by atoms with Gasteiger partial charge in [0.05, 0.1) is 17.2 Å². The van der Waals surface area contributed by atoms with E-state index in [1.807, 2.05) is 0 Å². The van der Waals surface area contributed by atoms with Crippen LogP contribution in [0.1, 0.15) is 6.92 Å². The van der Waals surface area contributed by atoms with Crippen LogP contribution in [0.3, 0.4) is 0 Å². The Morgan fingerprint density at radius 2 is 1.86 bits per heavy atom. The Balaban J connectivity index is 2.24. The minimum Gasteiger partial charge on any atom is -0.491 e. The van der Waals surface area contributed by atoms with Crippen molar-refractivity contribution in [2.45, 2.75) is 11.8 Å². The van der Waals surface area contributed by atoms with Crippen molar-refractivity contribution >= 4 is 27.3 Å². The Hall–Kier alpha value is -1.79. The van der Waals surface area contributed by atoms with Gasteiger partial charge in [-0.15, -0.1) is 0 Å². The van der Waals surface area contributed by atoms with Gasteiger partial charge in [0.15, 0.2) is 11.6 Å². The molecule has 0 amide bonds. The van der Waals surface area contributed by atoms with Crippen LogP contribution in [0.15, 0.2) is 47.4 Å². The molecule has 112 valence electrons. The molecule has 0 aromatic heterocycles. The van der Waals surface area contributed by atoms with E-state index in [1.54, 1.807) is 6.92 Å². The Kier molecular flexibility index (Phi) is 4.69. The van der Waals surface area contributed by atoms with Gasteiger partial charge in [-0.25, -0.2) is 12.8 Å². The van der Waals surface area contributed by atoms with Gasteiger partial charge in [-0.3, -0.25) is 4.72 Å². The van der Waals surface area contributed by atoms with E-state index in [2.05, 4.69) is 4.72 Å². The summed E-state index contributed by atoms with van der Waals surface area (Å²) in [6, 6.07) is 9.55. The van der Waals surface area contributed by atoms with Crippen molar-refractivity contribution in [1.82, 2.24) is 0 Å². The van der Waals surface area contributed by atoms with Gasteiger partial charge in [-0.05, 0) is 43.3 Å². The second-order valence-corrected chi connectivity index (χ2v) is 6.26. The van der Waals surface area contributed by atoms with Crippen molar-refractivity contribution in [2.75, 3.05) is 11.3 Å². The van der Waals surface area contributed by atoms with Crippen molar-refractivity contribution in [2.24, 2.45) is 0 Å². The summed E-state index contributed by atoms with van der Waals surface area (Å²) in [5.74, 6) is -0.555. The average molecular weight is 330 g/mol. The van der Waals surface area contributed by atoms with Crippen molar-refractivity contribution < 1.29 is 17.5 Å². The van der Waals surface area contributed by atoms with Crippen LogP contribution < -0.4 is 9.46 Å². The molecule has 7 heteroatoms. The van der Waals surface area contributed by atoms with Crippen LogP contribution in [0.4, 0.5) is 10.1 Å². The molecule has 0 atom stereocenters.